The number of nitrogen functional groups attached to an aromatic ring is 1. The van der Waals surface area contributed by atoms with Crippen molar-refractivity contribution >= 4 is 17.5 Å². The van der Waals surface area contributed by atoms with Crippen LogP contribution in [0.25, 0.3) is 0 Å². The molecule has 1 aromatic carbocycles. The lowest BCUT2D eigenvalue weighted by atomic mass is 10.2. The molecule has 2 rings (SSSR count). The largest absolute Gasteiger partial charge is 0.368 e. The van der Waals surface area contributed by atoms with Crippen LogP contribution in [0.1, 0.15) is 5.56 Å². The first-order valence-corrected chi connectivity index (χ1v) is 5.42. The van der Waals surface area contributed by atoms with E-state index >= 15 is 0 Å². The number of hydrogen-bond donors (Lipinski definition) is 2. The second-order valence-corrected chi connectivity index (χ2v) is 3.81. The summed E-state index contributed by atoms with van der Waals surface area (Å²) in [7, 11) is 0. The van der Waals surface area contributed by atoms with Gasteiger partial charge in [0.15, 0.2) is 0 Å². The van der Waals surface area contributed by atoms with Crippen LogP contribution < -0.4 is 11.1 Å². The van der Waals surface area contributed by atoms with E-state index in [2.05, 4.69) is 15.3 Å². The van der Waals surface area contributed by atoms with Gasteiger partial charge < -0.3 is 11.1 Å². The van der Waals surface area contributed by atoms with Gasteiger partial charge >= 0.3 is 5.69 Å². The molecule has 0 spiro atoms. The molecule has 3 N–H and O–H groups in total. The Bertz CT molecular complexity index is 665. The Morgan fingerprint density at radius 1 is 1.40 bits per heavy atom. The van der Waals surface area contributed by atoms with Crippen molar-refractivity contribution in [3.05, 3.63) is 51.7 Å². The summed E-state index contributed by atoms with van der Waals surface area (Å²) in [5, 5.41) is 13.3. The molecule has 0 aliphatic rings. The number of aromatic nitrogens is 2. The van der Waals surface area contributed by atoms with Gasteiger partial charge in [-0.05, 0) is 18.2 Å². The van der Waals surface area contributed by atoms with Gasteiger partial charge in [0.1, 0.15) is 17.8 Å². The number of hydrogen-bond acceptors (Lipinski definition) is 6. The molecule has 0 fully saturated rings. The number of nitrogens with zero attached hydrogens (tertiary/aromatic N) is 3. The third-order valence-electron chi connectivity index (χ3n) is 2.44. The van der Waals surface area contributed by atoms with Crippen molar-refractivity contribution in [1.82, 2.24) is 9.97 Å². The molecule has 0 aliphatic carbocycles. The van der Waals surface area contributed by atoms with E-state index in [1.807, 2.05) is 0 Å². The quantitative estimate of drug-likeness (QED) is 0.654. The lowest BCUT2D eigenvalue weighted by Crippen LogP contribution is -2.08. The van der Waals surface area contributed by atoms with Gasteiger partial charge in [-0.2, -0.15) is 4.98 Å². The molecule has 1 aromatic heterocycles. The van der Waals surface area contributed by atoms with Crippen LogP contribution in [-0.4, -0.2) is 14.9 Å². The topological polar surface area (TPSA) is 107 Å². The Hall–Kier alpha value is -2.84. The van der Waals surface area contributed by atoms with E-state index < -0.39 is 22.2 Å². The van der Waals surface area contributed by atoms with Gasteiger partial charge in [0.05, 0.1) is 4.92 Å². The van der Waals surface area contributed by atoms with Crippen molar-refractivity contribution in [3.8, 4) is 0 Å². The SMILES string of the molecule is Nc1ncc([N+](=O)[O-])c(NCc2cc(F)ccc2F)n1. The first-order valence-electron chi connectivity index (χ1n) is 5.42. The summed E-state index contributed by atoms with van der Waals surface area (Å²) in [5.41, 5.74) is 4.94. The fraction of sp³-hybridized carbons (Fsp3) is 0.0909. The number of nitrogens with one attached hydrogen (secondary N) is 1. The maximum absolute atomic E-state index is 13.4. The molecule has 0 saturated heterocycles. The second-order valence-electron chi connectivity index (χ2n) is 3.81. The zero-order valence-corrected chi connectivity index (χ0v) is 10.0. The normalized spacial score (nSPS) is 10.3. The molecule has 0 atom stereocenters. The summed E-state index contributed by atoms with van der Waals surface area (Å²) >= 11 is 0. The summed E-state index contributed by atoms with van der Waals surface area (Å²) < 4.78 is 26.4. The monoisotopic (exact) mass is 281 g/mol. The second kappa shape index (κ2) is 5.43. The lowest BCUT2D eigenvalue weighted by Gasteiger charge is -2.07. The molecule has 1 heterocycles. The Kier molecular flexibility index (Phi) is 3.69. The number of halogens is 2. The third-order valence-corrected chi connectivity index (χ3v) is 2.44. The number of benzene rings is 1. The minimum atomic E-state index is -0.705. The van der Waals surface area contributed by atoms with Crippen molar-refractivity contribution in [2.75, 3.05) is 11.1 Å². The molecule has 0 radical (unpaired) electrons. The van der Waals surface area contributed by atoms with Crippen LogP contribution in [0.2, 0.25) is 0 Å². The minimum absolute atomic E-state index is 0.0106. The van der Waals surface area contributed by atoms with E-state index in [0.717, 1.165) is 24.4 Å². The zero-order chi connectivity index (χ0) is 14.7. The summed E-state index contributed by atoms with van der Waals surface area (Å²) in [6.07, 6.45) is 0.937. The van der Waals surface area contributed by atoms with Gasteiger partial charge in [-0.1, -0.05) is 0 Å². The predicted octanol–water partition coefficient (Wildman–Crippen LogP) is 1.86. The van der Waals surface area contributed by atoms with E-state index in [1.54, 1.807) is 0 Å². The third kappa shape index (κ3) is 2.94. The van der Waals surface area contributed by atoms with Crippen molar-refractivity contribution in [3.63, 3.8) is 0 Å². The fourth-order valence-corrected chi connectivity index (χ4v) is 1.51. The standard InChI is InChI=1S/C11H9F2N5O2/c12-7-1-2-8(13)6(3-7)4-15-10-9(18(19)20)5-16-11(14)17-10/h1-3,5H,4H2,(H3,14,15,16,17). The minimum Gasteiger partial charge on any atom is -0.368 e. The highest BCUT2D eigenvalue weighted by molar-refractivity contribution is 5.56. The molecule has 0 aliphatic heterocycles. The maximum Gasteiger partial charge on any atom is 0.329 e. The van der Waals surface area contributed by atoms with Crippen LogP contribution in [0.5, 0.6) is 0 Å². The number of nitro groups is 1. The van der Waals surface area contributed by atoms with Crippen LogP contribution >= 0.6 is 0 Å². The van der Waals surface area contributed by atoms with E-state index in [9.17, 15) is 18.9 Å². The number of nitrogens with two attached hydrogens (primary N) is 1. The Labute approximate surface area is 111 Å². The van der Waals surface area contributed by atoms with Crippen LogP contribution in [0.15, 0.2) is 24.4 Å². The van der Waals surface area contributed by atoms with Gasteiger partial charge in [-0.15, -0.1) is 0 Å². The average Bonchev–Trinajstić information content (AvgIpc) is 2.39. The summed E-state index contributed by atoms with van der Waals surface area (Å²) in [6, 6.07) is 2.93. The van der Waals surface area contributed by atoms with Crippen LogP contribution in [0, 0.1) is 21.7 Å². The zero-order valence-electron chi connectivity index (χ0n) is 10.0. The molecule has 0 amide bonds. The molecule has 2 aromatic rings. The smallest absolute Gasteiger partial charge is 0.329 e. The van der Waals surface area contributed by atoms with Gasteiger partial charge in [-0.25, -0.2) is 13.8 Å². The number of rotatable bonds is 4. The molecular weight excluding hydrogens is 272 g/mol. The molecule has 0 bridgehead atoms. The average molecular weight is 281 g/mol. The maximum atomic E-state index is 13.4. The van der Waals surface area contributed by atoms with E-state index in [0.29, 0.717) is 0 Å². The van der Waals surface area contributed by atoms with Crippen LogP contribution in [0.4, 0.5) is 26.2 Å². The summed E-state index contributed by atoms with van der Waals surface area (Å²) in [6.45, 7) is -0.180. The van der Waals surface area contributed by atoms with Crippen molar-refractivity contribution in [2.45, 2.75) is 6.54 Å². The van der Waals surface area contributed by atoms with Crippen molar-refractivity contribution in [2.24, 2.45) is 0 Å². The molecule has 104 valence electrons. The van der Waals surface area contributed by atoms with Crippen LogP contribution in [-0.2, 0) is 6.54 Å². The van der Waals surface area contributed by atoms with Gasteiger partial charge in [0.25, 0.3) is 0 Å². The Morgan fingerprint density at radius 3 is 2.85 bits per heavy atom. The highest BCUT2D eigenvalue weighted by Crippen LogP contribution is 2.22. The van der Waals surface area contributed by atoms with E-state index in [-0.39, 0.29) is 23.9 Å². The highest BCUT2D eigenvalue weighted by Gasteiger charge is 2.16. The van der Waals surface area contributed by atoms with Crippen molar-refractivity contribution in [1.29, 1.82) is 0 Å². The highest BCUT2D eigenvalue weighted by atomic mass is 19.1. The lowest BCUT2D eigenvalue weighted by molar-refractivity contribution is -0.384. The van der Waals surface area contributed by atoms with E-state index in [4.69, 9.17) is 5.73 Å². The summed E-state index contributed by atoms with van der Waals surface area (Å²) in [4.78, 5) is 17.2. The van der Waals surface area contributed by atoms with Crippen molar-refractivity contribution < 1.29 is 13.7 Å². The van der Waals surface area contributed by atoms with Gasteiger partial charge in [0.2, 0.25) is 11.8 Å². The fourth-order valence-electron chi connectivity index (χ4n) is 1.51. The molecule has 9 heteroatoms. The Morgan fingerprint density at radius 2 is 2.15 bits per heavy atom. The molecule has 20 heavy (non-hydrogen) atoms. The molecule has 7 nitrogen and oxygen atoms in total. The predicted molar refractivity (Wildman–Crippen MR) is 66.8 cm³/mol. The summed E-state index contributed by atoms with van der Waals surface area (Å²) in [5.74, 6) is -1.58. The molecular formula is C11H9F2N5O2. The Balaban J connectivity index is 2.24. The van der Waals surface area contributed by atoms with E-state index in [1.165, 1.54) is 0 Å². The first kappa shape index (κ1) is 13.6. The van der Waals surface area contributed by atoms with Gasteiger partial charge in [0, 0.05) is 12.1 Å². The van der Waals surface area contributed by atoms with Gasteiger partial charge in [-0.3, -0.25) is 10.1 Å². The number of anilines is 2. The molecule has 0 unspecified atom stereocenters. The molecule has 0 saturated carbocycles. The first-order chi connectivity index (χ1) is 9.47. The van der Waals surface area contributed by atoms with Crippen LogP contribution in [0.3, 0.4) is 0 Å².